The van der Waals surface area contributed by atoms with Crippen LogP contribution in [-0.4, -0.2) is 48.0 Å². The van der Waals surface area contributed by atoms with Gasteiger partial charge in [0.2, 0.25) is 0 Å². The highest BCUT2D eigenvalue weighted by atomic mass is 16.5. The third-order valence-corrected chi connectivity index (χ3v) is 6.44. The molecule has 0 unspecified atom stereocenters. The maximum Gasteiger partial charge on any atom is 0.252 e. The summed E-state index contributed by atoms with van der Waals surface area (Å²) >= 11 is 0. The van der Waals surface area contributed by atoms with E-state index in [-0.39, 0.29) is 11.9 Å². The number of piperazine rings is 1. The molecule has 3 atom stereocenters. The summed E-state index contributed by atoms with van der Waals surface area (Å²) in [6, 6.07) is 12.8. The number of carbonyl (C=O) groups excluding carboxylic acids is 1. The molecule has 2 aromatic carbocycles. The van der Waals surface area contributed by atoms with Crippen molar-refractivity contribution in [2.24, 2.45) is 7.05 Å². The highest BCUT2D eigenvalue weighted by molar-refractivity contribution is 5.97. The Balaban J connectivity index is 1.56. The summed E-state index contributed by atoms with van der Waals surface area (Å²) in [5.41, 5.74) is 5.74. The zero-order chi connectivity index (χ0) is 24.4. The second kappa shape index (κ2) is 9.89. The van der Waals surface area contributed by atoms with E-state index in [1.165, 1.54) is 0 Å². The number of amides is 1. The van der Waals surface area contributed by atoms with E-state index in [9.17, 15) is 4.79 Å². The number of ether oxygens (including phenoxy) is 1. The number of rotatable bonds is 6. The highest BCUT2D eigenvalue weighted by Gasteiger charge is 2.23. The van der Waals surface area contributed by atoms with Crippen LogP contribution >= 0.6 is 0 Å². The normalized spacial score (nSPS) is 19.1. The Kier molecular flexibility index (Phi) is 6.93. The van der Waals surface area contributed by atoms with Crippen molar-refractivity contribution >= 4 is 11.6 Å². The average Bonchev–Trinajstić information content (AvgIpc) is 3.24. The Labute approximate surface area is 202 Å². The summed E-state index contributed by atoms with van der Waals surface area (Å²) in [6.45, 7) is 10.2. The van der Waals surface area contributed by atoms with Crippen molar-refractivity contribution in [1.82, 2.24) is 20.4 Å². The summed E-state index contributed by atoms with van der Waals surface area (Å²) in [7, 11) is 3.55. The van der Waals surface area contributed by atoms with Gasteiger partial charge in [0.05, 0.1) is 19.3 Å². The summed E-state index contributed by atoms with van der Waals surface area (Å²) in [6.07, 6.45) is 3.79. The molecule has 2 heterocycles. The fraction of sp³-hybridized carbons (Fsp3) is 0.407. The molecule has 0 radical (unpaired) electrons. The number of aromatic nitrogens is 2. The Morgan fingerprint density at radius 2 is 1.88 bits per heavy atom. The molecule has 1 saturated heterocycles. The number of methoxy groups -OCH3 is 1. The van der Waals surface area contributed by atoms with Gasteiger partial charge < -0.3 is 20.3 Å². The minimum Gasteiger partial charge on any atom is -0.497 e. The Hall–Kier alpha value is -3.32. The van der Waals surface area contributed by atoms with Crippen LogP contribution in [0.2, 0.25) is 0 Å². The van der Waals surface area contributed by atoms with Crippen molar-refractivity contribution in [3.8, 4) is 16.9 Å². The lowest BCUT2D eigenvalue weighted by Gasteiger charge is -2.38. The van der Waals surface area contributed by atoms with Crippen LogP contribution < -0.4 is 20.3 Å². The fourth-order valence-electron chi connectivity index (χ4n) is 4.67. The molecule has 3 aromatic rings. The predicted octanol–water partition coefficient (Wildman–Crippen LogP) is 4.08. The first-order chi connectivity index (χ1) is 16.2. The first-order valence-corrected chi connectivity index (χ1v) is 11.8. The number of nitrogens with one attached hydrogen (secondary N) is 2. The smallest absolute Gasteiger partial charge is 0.252 e. The van der Waals surface area contributed by atoms with E-state index in [0.29, 0.717) is 17.6 Å². The van der Waals surface area contributed by atoms with Crippen LogP contribution in [0.3, 0.4) is 0 Å². The zero-order valence-electron chi connectivity index (χ0n) is 20.9. The third kappa shape index (κ3) is 5.25. The van der Waals surface area contributed by atoms with Gasteiger partial charge in [0, 0.05) is 55.2 Å². The van der Waals surface area contributed by atoms with Gasteiger partial charge in [-0.25, -0.2) is 0 Å². The molecule has 7 heteroatoms. The SMILES string of the molecule is COc1cc(-c2cnn(C)c2)cc([C@@H](C)NC(=O)c2cc(N3C[C@@H](C)N[C@@H](C)C3)ccc2C)c1. The van der Waals surface area contributed by atoms with E-state index < -0.39 is 0 Å². The topological polar surface area (TPSA) is 71.4 Å². The van der Waals surface area contributed by atoms with Gasteiger partial charge >= 0.3 is 0 Å². The first-order valence-electron chi connectivity index (χ1n) is 11.8. The van der Waals surface area contributed by atoms with Crippen LogP contribution in [0.25, 0.3) is 11.1 Å². The molecule has 1 aliphatic heterocycles. The summed E-state index contributed by atoms with van der Waals surface area (Å²) in [5, 5.41) is 11.0. The van der Waals surface area contributed by atoms with Crippen LogP contribution in [0.15, 0.2) is 48.8 Å². The minimum atomic E-state index is -0.194. The molecular formula is C27H35N5O2. The van der Waals surface area contributed by atoms with Crippen molar-refractivity contribution in [1.29, 1.82) is 0 Å². The molecule has 2 N–H and O–H groups in total. The van der Waals surface area contributed by atoms with Crippen LogP contribution in [0.4, 0.5) is 5.69 Å². The molecule has 0 spiro atoms. The maximum absolute atomic E-state index is 13.3. The Bertz CT molecular complexity index is 1160. The zero-order valence-corrected chi connectivity index (χ0v) is 20.9. The van der Waals surface area contributed by atoms with Crippen molar-refractivity contribution in [2.45, 2.75) is 45.8 Å². The number of anilines is 1. The summed E-state index contributed by atoms with van der Waals surface area (Å²) in [5.74, 6) is 0.673. The lowest BCUT2D eigenvalue weighted by Crippen LogP contribution is -2.54. The van der Waals surface area contributed by atoms with E-state index in [4.69, 9.17) is 4.74 Å². The monoisotopic (exact) mass is 461 g/mol. The summed E-state index contributed by atoms with van der Waals surface area (Å²) in [4.78, 5) is 15.7. The second-order valence-electron chi connectivity index (χ2n) is 9.47. The minimum absolute atomic E-state index is 0.0752. The van der Waals surface area contributed by atoms with Gasteiger partial charge in [-0.2, -0.15) is 5.10 Å². The summed E-state index contributed by atoms with van der Waals surface area (Å²) < 4.78 is 7.31. The molecule has 0 bridgehead atoms. The standard InChI is InChI=1S/C27H35N5O2/c1-17-7-8-24(32-14-18(2)29-19(3)15-32)12-26(17)27(33)30-20(4)21-9-22(11-25(10-21)34-6)23-13-28-31(5)16-23/h7-13,16,18-20,29H,14-15H2,1-6H3,(H,30,33)/t18-,19+,20-/m1/s1. The van der Waals surface area contributed by atoms with Crippen molar-refractivity contribution < 1.29 is 9.53 Å². The van der Waals surface area contributed by atoms with Crippen LogP contribution in [0, 0.1) is 6.92 Å². The van der Waals surface area contributed by atoms with E-state index in [1.807, 2.05) is 57.6 Å². The lowest BCUT2D eigenvalue weighted by molar-refractivity contribution is 0.0939. The second-order valence-corrected chi connectivity index (χ2v) is 9.47. The van der Waals surface area contributed by atoms with Gasteiger partial charge in [0.1, 0.15) is 5.75 Å². The van der Waals surface area contributed by atoms with E-state index in [0.717, 1.165) is 46.8 Å². The van der Waals surface area contributed by atoms with Crippen LogP contribution in [0.1, 0.15) is 48.3 Å². The molecule has 34 heavy (non-hydrogen) atoms. The number of hydrogen-bond donors (Lipinski definition) is 2. The Morgan fingerprint density at radius 3 is 2.53 bits per heavy atom. The molecule has 1 fully saturated rings. The van der Waals surface area contributed by atoms with Gasteiger partial charge in [-0.3, -0.25) is 9.48 Å². The van der Waals surface area contributed by atoms with Gasteiger partial charge in [-0.05, 0) is 74.7 Å². The molecule has 4 rings (SSSR count). The number of nitrogens with zero attached hydrogens (tertiary/aromatic N) is 3. The largest absolute Gasteiger partial charge is 0.497 e. The van der Waals surface area contributed by atoms with Gasteiger partial charge in [0.15, 0.2) is 0 Å². The molecule has 7 nitrogen and oxygen atoms in total. The van der Waals surface area contributed by atoms with Gasteiger partial charge in [-0.15, -0.1) is 0 Å². The average molecular weight is 462 g/mol. The van der Waals surface area contributed by atoms with Crippen LogP contribution in [-0.2, 0) is 7.05 Å². The lowest BCUT2D eigenvalue weighted by atomic mass is 10.0. The van der Waals surface area contributed by atoms with E-state index >= 15 is 0 Å². The number of benzene rings is 2. The van der Waals surface area contributed by atoms with Crippen molar-refractivity contribution in [3.05, 3.63) is 65.5 Å². The predicted molar refractivity (Wildman–Crippen MR) is 137 cm³/mol. The number of aryl methyl sites for hydroxylation is 2. The third-order valence-electron chi connectivity index (χ3n) is 6.44. The maximum atomic E-state index is 13.3. The molecule has 1 aromatic heterocycles. The molecule has 1 aliphatic rings. The van der Waals surface area contributed by atoms with E-state index in [1.54, 1.807) is 11.8 Å². The Morgan fingerprint density at radius 1 is 1.15 bits per heavy atom. The van der Waals surface area contributed by atoms with Crippen molar-refractivity contribution in [2.75, 3.05) is 25.1 Å². The van der Waals surface area contributed by atoms with Crippen LogP contribution in [0.5, 0.6) is 5.75 Å². The molecule has 180 valence electrons. The van der Waals surface area contributed by atoms with Crippen molar-refractivity contribution in [3.63, 3.8) is 0 Å². The van der Waals surface area contributed by atoms with Gasteiger partial charge in [0.25, 0.3) is 5.91 Å². The molecular weight excluding hydrogens is 426 g/mol. The van der Waals surface area contributed by atoms with Gasteiger partial charge in [-0.1, -0.05) is 6.07 Å². The molecule has 1 amide bonds. The molecule has 0 saturated carbocycles. The number of carbonyl (C=O) groups is 1. The quantitative estimate of drug-likeness (QED) is 0.579. The molecule has 0 aliphatic carbocycles. The highest BCUT2D eigenvalue weighted by Crippen LogP contribution is 2.29. The first kappa shape index (κ1) is 23.8. The fourth-order valence-corrected chi connectivity index (χ4v) is 4.67. The number of hydrogen-bond acceptors (Lipinski definition) is 5. The van der Waals surface area contributed by atoms with E-state index in [2.05, 4.69) is 46.6 Å².